The summed E-state index contributed by atoms with van der Waals surface area (Å²) in [5.74, 6) is 0.479. The zero-order valence-electron chi connectivity index (χ0n) is 15.6. The molecule has 1 aliphatic heterocycles. The summed E-state index contributed by atoms with van der Waals surface area (Å²) in [7, 11) is 3.39. The molecule has 2 aliphatic rings. The van der Waals surface area contributed by atoms with Crippen molar-refractivity contribution in [3.8, 4) is 5.75 Å². The fourth-order valence-corrected chi connectivity index (χ4v) is 3.48. The Bertz CT molecular complexity index is 657. The number of esters is 1. The molecule has 3 rings (SSSR count). The van der Waals surface area contributed by atoms with Gasteiger partial charge in [-0.2, -0.15) is 0 Å². The van der Waals surface area contributed by atoms with Gasteiger partial charge in [-0.25, -0.2) is 4.79 Å². The Morgan fingerprint density at radius 3 is 2.58 bits per heavy atom. The summed E-state index contributed by atoms with van der Waals surface area (Å²) < 4.78 is 10.7. The van der Waals surface area contributed by atoms with Crippen molar-refractivity contribution >= 4 is 11.9 Å². The van der Waals surface area contributed by atoms with E-state index in [2.05, 4.69) is 17.3 Å². The van der Waals surface area contributed by atoms with E-state index in [0.29, 0.717) is 29.4 Å². The number of likely N-dealkylation sites (tertiary alicyclic amines) is 1. The average Bonchev–Trinajstić information content (AvgIpc) is 2.59. The molecular weight excluding hydrogens is 332 g/mol. The number of rotatable bonds is 6. The summed E-state index contributed by atoms with van der Waals surface area (Å²) in [6.45, 7) is 2.52. The van der Waals surface area contributed by atoms with Crippen LogP contribution in [0.15, 0.2) is 18.2 Å². The predicted molar refractivity (Wildman–Crippen MR) is 98.6 cm³/mol. The molecule has 1 aliphatic carbocycles. The van der Waals surface area contributed by atoms with Crippen LogP contribution >= 0.6 is 0 Å². The minimum Gasteiger partial charge on any atom is -0.493 e. The SMILES string of the molecule is COC(=O)c1cc(OCC2CCC2)cc(C(=O)N[C@H]2CCCN(C)C2)c1. The standard InChI is InChI=1S/C20H28N2O4/c1-22-8-4-7-17(12-22)21-19(23)15-9-16(20(24)25-2)11-18(10-15)26-13-14-5-3-6-14/h9-11,14,17H,3-8,12-13H2,1-2H3,(H,21,23)/t17-/m0/s1. The highest BCUT2D eigenvalue weighted by Crippen LogP contribution is 2.28. The lowest BCUT2D eigenvalue weighted by Gasteiger charge is -2.30. The zero-order chi connectivity index (χ0) is 18.5. The third kappa shape index (κ3) is 4.75. The third-order valence-electron chi connectivity index (χ3n) is 5.26. The van der Waals surface area contributed by atoms with Gasteiger partial charge in [-0.05, 0) is 63.4 Å². The van der Waals surface area contributed by atoms with E-state index in [4.69, 9.17) is 9.47 Å². The number of methoxy groups -OCH3 is 1. The Hall–Kier alpha value is -2.08. The molecule has 0 spiro atoms. The van der Waals surface area contributed by atoms with Crippen LogP contribution in [0.1, 0.15) is 52.8 Å². The number of piperidine rings is 1. The first-order chi connectivity index (χ1) is 12.5. The van der Waals surface area contributed by atoms with Crippen molar-refractivity contribution in [3.63, 3.8) is 0 Å². The van der Waals surface area contributed by atoms with Crippen LogP contribution in [0.3, 0.4) is 0 Å². The molecule has 1 saturated heterocycles. The molecule has 1 amide bonds. The number of nitrogens with zero attached hydrogens (tertiary/aromatic N) is 1. The summed E-state index contributed by atoms with van der Waals surface area (Å²) >= 11 is 0. The molecular formula is C20H28N2O4. The molecule has 1 aromatic carbocycles. The van der Waals surface area contributed by atoms with Gasteiger partial charge in [0.25, 0.3) is 5.91 Å². The normalized spacial score (nSPS) is 20.9. The van der Waals surface area contributed by atoms with E-state index in [1.54, 1.807) is 18.2 Å². The van der Waals surface area contributed by atoms with Gasteiger partial charge in [0.15, 0.2) is 0 Å². The van der Waals surface area contributed by atoms with Crippen LogP contribution in [-0.2, 0) is 4.74 Å². The number of ether oxygens (including phenoxy) is 2. The second-order valence-electron chi connectivity index (χ2n) is 7.42. The van der Waals surface area contributed by atoms with Gasteiger partial charge in [0, 0.05) is 18.2 Å². The Kier molecular flexibility index (Phi) is 6.14. The van der Waals surface area contributed by atoms with E-state index in [1.807, 2.05) is 0 Å². The Labute approximate surface area is 154 Å². The minimum absolute atomic E-state index is 0.127. The van der Waals surface area contributed by atoms with Crippen LogP contribution in [0, 0.1) is 5.92 Å². The number of nitrogens with one attached hydrogen (secondary N) is 1. The maximum absolute atomic E-state index is 12.7. The quantitative estimate of drug-likeness (QED) is 0.790. The highest BCUT2D eigenvalue weighted by atomic mass is 16.5. The second kappa shape index (κ2) is 8.54. The first-order valence-electron chi connectivity index (χ1n) is 9.41. The fraction of sp³-hybridized carbons (Fsp3) is 0.600. The summed E-state index contributed by atoms with van der Waals surface area (Å²) in [6.07, 6.45) is 5.65. The molecule has 0 unspecified atom stereocenters. The molecule has 1 aromatic rings. The first-order valence-corrected chi connectivity index (χ1v) is 9.41. The van der Waals surface area contributed by atoms with Crippen LogP contribution in [0.5, 0.6) is 5.75 Å². The lowest BCUT2D eigenvalue weighted by atomic mass is 9.86. The van der Waals surface area contributed by atoms with Crippen molar-refractivity contribution in [1.29, 1.82) is 0 Å². The van der Waals surface area contributed by atoms with Gasteiger partial charge in [0.2, 0.25) is 0 Å². The van der Waals surface area contributed by atoms with Crippen LogP contribution < -0.4 is 10.1 Å². The highest BCUT2D eigenvalue weighted by molar-refractivity contribution is 5.98. The number of carbonyl (C=O) groups excluding carboxylic acids is 2. The van der Waals surface area contributed by atoms with E-state index in [0.717, 1.165) is 25.9 Å². The molecule has 0 radical (unpaired) electrons. The van der Waals surface area contributed by atoms with E-state index >= 15 is 0 Å². The van der Waals surface area contributed by atoms with Crippen molar-refractivity contribution in [2.24, 2.45) is 5.92 Å². The molecule has 1 atom stereocenters. The number of benzene rings is 1. The largest absolute Gasteiger partial charge is 0.493 e. The number of likely N-dealkylation sites (N-methyl/N-ethyl adjacent to an activating group) is 1. The van der Waals surface area contributed by atoms with E-state index in [-0.39, 0.29) is 11.9 Å². The van der Waals surface area contributed by atoms with E-state index < -0.39 is 5.97 Å². The van der Waals surface area contributed by atoms with Crippen LogP contribution in [-0.4, -0.2) is 56.7 Å². The maximum atomic E-state index is 12.7. The number of hydrogen-bond acceptors (Lipinski definition) is 5. The molecule has 0 bridgehead atoms. The molecule has 6 heteroatoms. The first kappa shape index (κ1) is 18.7. The highest BCUT2D eigenvalue weighted by Gasteiger charge is 2.22. The minimum atomic E-state index is -0.467. The topological polar surface area (TPSA) is 67.9 Å². The van der Waals surface area contributed by atoms with Crippen molar-refractivity contribution in [2.75, 3.05) is 33.9 Å². The Morgan fingerprint density at radius 2 is 1.92 bits per heavy atom. The van der Waals surface area contributed by atoms with Gasteiger partial charge in [-0.1, -0.05) is 6.42 Å². The molecule has 142 valence electrons. The molecule has 1 saturated carbocycles. The van der Waals surface area contributed by atoms with Gasteiger partial charge in [-0.3, -0.25) is 4.79 Å². The molecule has 26 heavy (non-hydrogen) atoms. The molecule has 2 fully saturated rings. The lowest BCUT2D eigenvalue weighted by Crippen LogP contribution is -2.46. The smallest absolute Gasteiger partial charge is 0.338 e. The monoisotopic (exact) mass is 360 g/mol. The van der Waals surface area contributed by atoms with Crippen molar-refractivity contribution in [3.05, 3.63) is 29.3 Å². The lowest BCUT2D eigenvalue weighted by molar-refractivity contribution is 0.0600. The fourth-order valence-electron chi connectivity index (χ4n) is 3.48. The van der Waals surface area contributed by atoms with Crippen molar-refractivity contribution in [1.82, 2.24) is 10.2 Å². The maximum Gasteiger partial charge on any atom is 0.338 e. The Morgan fingerprint density at radius 1 is 1.15 bits per heavy atom. The summed E-state index contributed by atoms with van der Waals surface area (Å²) in [5, 5.41) is 3.08. The summed E-state index contributed by atoms with van der Waals surface area (Å²) in [5.41, 5.74) is 0.772. The second-order valence-corrected chi connectivity index (χ2v) is 7.42. The molecule has 6 nitrogen and oxygen atoms in total. The molecule has 1 N–H and O–H groups in total. The van der Waals surface area contributed by atoms with Crippen molar-refractivity contribution < 1.29 is 19.1 Å². The Balaban J connectivity index is 1.72. The van der Waals surface area contributed by atoms with Gasteiger partial charge in [0.1, 0.15) is 5.75 Å². The van der Waals surface area contributed by atoms with Crippen LogP contribution in [0.25, 0.3) is 0 Å². The number of hydrogen-bond donors (Lipinski definition) is 1. The molecule has 0 aromatic heterocycles. The van der Waals surface area contributed by atoms with Gasteiger partial charge in [0.05, 0.1) is 19.3 Å². The van der Waals surface area contributed by atoms with Crippen molar-refractivity contribution in [2.45, 2.75) is 38.1 Å². The summed E-state index contributed by atoms with van der Waals surface area (Å²) in [4.78, 5) is 26.9. The van der Waals surface area contributed by atoms with Gasteiger partial charge >= 0.3 is 5.97 Å². The van der Waals surface area contributed by atoms with Crippen LogP contribution in [0.4, 0.5) is 0 Å². The molecule has 1 heterocycles. The average molecular weight is 360 g/mol. The summed E-state index contributed by atoms with van der Waals surface area (Å²) in [6, 6.07) is 5.06. The van der Waals surface area contributed by atoms with Gasteiger partial charge in [-0.15, -0.1) is 0 Å². The number of carbonyl (C=O) groups is 2. The van der Waals surface area contributed by atoms with E-state index in [1.165, 1.54) is 26.4 Å². The van der Waals surface area contributed by atoms with E-state index in [9.17, 15) is 9.59 Å². The zero-order valence-corrected chi connectivity index (χ0v) is 15.6. The van der Waals surface area contributed by atoms with Crippen LogP contribution in [0.2, 0.25) is 0 Å². The third-order valence-corrected chi connectivity index (χ3v) is 5.26. The predicted octanol–water partition coefficient (Wildman–Crippen LogP) is 2.48. The number of amides is 1. The van der Waals surface area contributed by atoms with Gasteiger partial charge < -0.3 is 19.7 Å².